The number of fused-ring (bicyclic) bond motifs is 1. The van der Waals surface area contributed by atoms with Crippen LogP contribution in [0.25, 0.3) is 10.9 Å². The number of pyridine rings is 1. The molecule has 7 heteroatoms. The molecule has 1 aliphatic rings. The van der Waals surface area contributed by atoms with Crippen LogP contribution in [0.5, 0.6) is 5.75 Å². The zero-order valence-corrected chi connectivity index (χ0v) is 14.0. The average molecular weight is 348 g/mol. The quantitative estimate of drug-likeness (QED) is 0.742. The number of aliphatic hydroxyl groups excluding tert-OH is 1. The molecule has 1 aromatic heterocycles. The third-order valence-corrected chi connectivity index (χ3v) is 5.00. The summed E-state index contributed by atoms with van der Waals surface area (Å²) in [5, 5.41) is 23.6. The van der Waals surface area contributed by atoms with E-state index in [4.69, 9.17) is 4.74 Å². The van der Waals surface area contributed by atoms with Crippen molar-refractivity contribution in [2.75, 3.05) is 20.2 Å². The van der Waals surface area contributed by atoms with Gasteiger partial charge in [0.1, 0.15) is 11.6 Å². The number of methoxy groups -OCH3 is 1. The van der Waals surface area contributed by atoms with E-state index in [-0.39, 0.29) is 18.4 Å². The first-order valence-electron chi connectivity index (χ1n) is 8.21. The van der Waals surface area contributed by atoms with Crippen molar-refractivity contribution in [2.24, 2.45) is 5.41 Å². The molecule has 0 radical (unpaired) electrons. The lowest BCUT2D eigenvalue weighted by Gasteiger charge is -2.24. The Morgan fingerprint density at radius 1 is 1.52 bits per heavy atom. The normalized spacial score (nSPS) is 21.4. The van der Waals surface area contributed by atoms with E-state index in [0.717, 1.165) is 6.20 Å². The fourth-order valence-electron chi connectivity index (χ4n) is 3.44. The summed E-state index contributed by atoms with van der Waals surface area (Å²) in [6, 6.07) is 5.05. The molecule has 0 amide bonds. The largest absolute Gasteiger partial charge is 0.497 e. The number of nitrogens with zero attached hydrogens (tertiary/aromatic N) is 1. The molecule has 0 bridgehead atoms. The van der Waals surface area contributed by atoms with Gasteiger partial charge >= 0.3 is 5.97 Å². The van der Waals surface area contributed by atoms with Crippen LogP contribution < -0.4 is 10.1 Å². The molecule has 0 spiro atoms. The van der Waals surface area contributed by atoms with Crippen LogP contribution in [0.4, 0.5) is 4.39 Å². The van der Waals surface area contributed by atoms with Gasteiger partial charge in [-0.3, -0.25) is 9.78 Å². The number of carboxylic acid groups (broad SMARTS) is 1. The van der Waals surface area contributed by atoms with Crippen LogP contribution >= 0.6 is 0 Å². The first-order chi connectivity index (χ1) is 12.0. The maximum absolute atomic E-state index is 14.4. The molecule has 3 rings (SSSR count). The van der Waals surface area contributed by atoms with Gasteiger partial charge in [-0.05, 0) is 44.0 Å². The Balaban J connectivity index is 1.90. The van der Waals surface area contributed by atoms with Crippen molar-refractivity contribution in [1.29, 1.82) is 0 Å². The molecular formula is C18H21FN2O4. The van der Waals surface area contributed by atoms with Crippen molar-refractivity contribution in [1.82, 2.24) is 10.3 Å². The lowest BCUT2D eigenvalue weighted by Crippen LogP contribution is -2.33. The second-order valence-corrected chi connectivity index (χ2v) is 6.47. The van der Waals surface area contributed by atoms with Crippen LogP contribution in [0.1, 0.15) is 30.9 Å². The predicted molar refractivity (Wildman–Crippen MR) is 90.0 cm³/mol. The molecule has 0 aliphatic carbocycles. The van der Waals surface area contributed by atoms with Gasteiger partial charge in [-0.1, -0.05) is 0 Å². The van der Waals surface area contributed by atoms with E-state index >= 15 is 0 Å². The van der Waals surface area contributed by atoms with Crippen LogP contribution in [-0.2, 0) is 4.79 Å². The lowest BCUT2D eigenvalue weighted by atomic mass is 9.81. The molecule has 3 N–H and O–H groups in total. The topological polar surface area (TPSA) is 91.7 Å². The fourth-order valence-corrected chi connectivity index (χ4v) is 3.44. The first kappa shape index (κ1) is 17.6. The van der Waals surface area contributed by atoms with Crippen LogP contribution in [0.3, 0.4) is 0 Å². The Hall–Kier alpha value is -2.25. The van der Waals surface area contributed by atoms with E-state index in [1.165, 1.54) is 7.11 Å². The molecule has 0 saturated carbocycles. The lowest BCUT2D eigenvalue weighted by molar-refractivity contribution is -0.148. The summed E-state index contributed by atoms with van der Waals surface area (Å²) in [5.74, 6) is -0.955. The first-order valence-corrected chi connectivity index (χ1v) is 8.21. The summed E-state index contributed by atoms with van der Waals surface area (Å²) in [4.78, 5) is 15.6. The zero-order chi connectivity index (χ0) is 18.0. The summed E-state index contributed by atoms with van der Waals surface area (Å²) in [6.07, 6.45) is 0.889. The monoisotopic (exact) mass is 348 g/mol. The Kier molecular flexibility index (Phi) is 4.87. The maximum atomic E-state index is 14.4. The number of aliphatic carboxylic acids is 1. The van der Waals surface area contributed by atoms with Gasteiger partial charge in [-0.15, -0.1) is 0 Å². The third kappa shape index (κ3) is 3.29. The minimum absolute atomic E-state index is 0.135. The van der Waals surface area contributed by atoms with Gasteiger partial charge in [0.2, 0.25) is 0 Å². The standard InChI is InChI=1S/C18H21FN2O4/c1-25-11-2-3-14-12(8-11)16(13(19)9-21-14)15(22)4-5-18(17(23)24)6-7-20-10-18/h2-3,8-9,15,20,22H,4-7,10H2,1H3,(H,23,24). The molecule has 2 aromatic rings. The van der Waals surface area contributed by atoms with Gasteiger partial charge in [-0.25, -0.2) is 4.39 Å². The van der Waals surface area contributed by atoms with E-state index in [9.17, 15) is 19.4 Å². The van der Waals surface area contributed by atoms with Crippen LogP contribution in [0.15, 0.2) is 24.4 Å². The second kappa shape index (κ2) is 6.93. The van der Waals surface area contributed by atoms with Crippen LogP contribution in [-0.4, -0.2) is 41.4 Å². The molecule has 25 heavy (non-hydrogen) atoms. The number of benzene rings is 1. The minimum atomic E-state index is -1.12. The predicted octanol–water partition coefficient (Wildman–Crippen LogP) is 2.26. The second-order valence-electron chi connectivity index (χ2n) is 6.47. The van der Waals surface area contributed by atoms with Crippen LogP contribution in [0.2, 0.25) is 0 Å². The molecule has 2 unspecified atom stereocenters. The molecule has 1 saturated heterocycles. The minimum Gasteiger partial charge on any atom is -0.497 e. The number of rotatable bonds is 6. The number of aliphatic hydroxyl groups is 1. The highest BCUT2D eigenvalue weighted by molar-refractivity contribution is 5.84. The summed E-state index contributed by atoms with van der Waals surface area (Å²) in [5.41, 5.74) is -0.222. The number of ether oxygens (including phenoxy) is 1. The molecule has 134 valence electrons. The van der Waals surface area contributed by atoms with Gasteiger partial charge in [0, 0.05) is 17.5 Å². The number of aromatic nitrogens is 1. The van der Waals surface area contributed by atoms with E-state index in [1.807, 2.05) is 0 Å². The third-order valence-electron chi connectivity index (χ3n) is 5.00. The SMILES string of the molecule is COc1ccc2ncc(F)c(C(O)CCC3(C(=O)O)CCNC3)c2c1. The van der Waals surface area contributed by atoms with Crippen molar-refractivity contribution in [3.8, 4) is 5.75 Å². The van der Waals surface area contributed by atoms with Gasteiger partial charge in [0.25, 0.3) is 0 Å². The highest BCUT2D eigenvalue weighted by Gasteiger charge is 2.41. The molecule has 2 atom stereocenters. The molecule has 2 heterocycles. The van der Waals surface area contributed by atoms with E-state index in [2.05, 4.69) is 10.3 Å². The Morgan fingerprint density at radius 2 is 2.32 bits per heavy atom. The van der Waals surface area contributed by atoms with E-state index in [0.29, 0.717) is 36.2 Å². The van der Waals surface area contributed by atoms with Gasteiger partial charge in [0.15, 0.2) is 0 Å². The molecular weight excluding hydrogens is 327 g/mol. The molecule has 1 fully saturated rings. The highest BCUT2D eigenvalue weighted by Crippen LogP contribution is 2.37. The Morgan fingerprint density at radius 3 is 2.96 bits per heavy atom. The highest BCUT2D eigenvalue weighted by atomic mass is 19.1. The number of carbonyl (C=O) groups is 1. The zero-order valence-electron chi connectivity index (χ0n) is 14.0. The van der Waals surface area contributed by atoms with Crippen molar-refractivity contribution in [3.05, 3.63) is 35.8 Å². The number of hydrogen-bond acceptors (Lipinski definition) is 5. The summed E-state index contributed by atoms with van der Waals surface area (Å²) in [7, 11) is 1.51. The van der Waals surface area contributed by atoms with Crippen molar-refractivity contribution >= 4 is 16.9 Å². The summed E-state index contributed by atoms with van der Waals surface area (Å²) >= 11 is 0. The maximum Gasteiger partial charge on any atom is 0.310 e. The van der Waals surface area contributed by atoms with E-state index in [1.54, 1.807) is 18.2 Å². The van der Waals surface area contributed by atoms with Crippen LogP contribution in [0, 0.1) is 11.2 Å². The van der Waals surface area contributed by atoms with Gasteiger partial charge in [0.05, 0.1) is 30.3 Å². The Labute approximate surface area is 144 Å². The smallest absolute Gasteiger partial charge is 0.310 e. The number of hydrogen-bond donors (Lipinski definition) is 3. The fraction of sp³-hybridized carbons (Fsp3) is 0.444. The summed E-state index contributed by atoms with van der Waals surface area (Å²) in [6.45, 7) is 0.995. The molecule has 1 aromatic carbocycles. The van der Waals surface area contributed by atoms with E-state index < -0.39 is 23.3 Å². The van der Waals surface area contributed by atoms with Gasteiger partial charge < -0.3 is 20.3 Å². The van der Waals surface area contributed by atoms with Gasteiger partial charge in [-0.2, -0.15) is 0 Å². The number of halogens is 1. The van der Waals surface area contributed by atoms with Crippen molar-refractivity contribution in [2.45, 2.75) is 25.4 Å². The average Bonchev–Trinajstić information content (AvgIpc) is 3.09. The number of nitrogens with one attached hydrogen (secondary N) is 1. The Bertz CT molecular complexity index is 790. The molecule has 1 aliphatic heterocycles. The van der Waals surface area contributed by atoms with Crippen molar-refractivity contribution in [3.63, 3.8) is 0 Å². The van der Waals surface area contributed by atoms with Crippen molar-refractivity contribution < 1.29 is 24.1 Å². The molecule has 6 nitrogen and oxygen atoms in total. The summed E-state index contributed by atoms with van der Waals surface area (Å²) < 4.78 is 19.5. The number of carboxylic acids is 1.